The molecule has 4 rings (SSSR count). The molecule has 26 heavy (non-hydrogen) atoms. The fourth-order valence-electron chi connectivity index (χ4n) is 2.94. The third-order valence-corrected chi connectivity index (χ3v) is 5.40. The van der Waals surface area contributed by atoms with Crippen molar-refractivity contribution in [3.63, 3.8) is 0 Å². The van der Waals surface area contributed by atoms with E-state index < -0.39 is 0 Å². The van der Waals surface area contributed by atoms with Crippen LogP contribution in [0.3, 0.4) is 0 Å². The molecule has 3 aromatic rings. The molecule has 1 aliphatic heterocycles. The summed E-state index contributed by atoms with van der Waals surface area (Å²) in [5.74, 6) is 0.584. The minimum atomic E-state index is -0.242. The SMILES string of the molecule is C[C@@H]1C[C@@H](Sc2nnc(-c3ccncc3)n2Cc2ccccc2)C(=O)O1. The van der Waals surface area contributed by atoms with E-state index in [2.05, 4.69) is 27.3 Å². The van der Waals surface area contributed by atoms with Crippen molar-refractivity contribution in [2.75, 3.05) is 0 Å². The van der Waals surface area contributed by atoms with Gasteiger partial charge in [-0.3, -0.25) is 14.3 Å². The lowest BCUT2D eigenvalue weighted by molar-refractivity contribution is -0.140. The molecule has 2 aromatic heterocycles. The molecule has 0 amide bonds. The quantitative estimate of drug-likeness (QED) is 0.646. The van der Waals surface area contributed by atoms with E-state index in [0.29, 0.717) is 13.0 Å². The van der Waals surface area contributed by atoms with Gasteiger partial charge in [-0.15, -0.1) is 10.2 Å². The maximum absolute atomic E-state index is 12.0. The number of carbonyl (C=O) groups excluding carboxylic acids is 1. The Morgan fingerprint density at radius 3 is 2.62 bits per heavy atom. The summed E-state index contributed by atoms with van der Waals surface area (Å²) in [5, 5.41) is 9.22. The van der Waals surface area contributed by atoms with Crippen LogP contribution in [0.2, 0.25) is 0 Å². The Hall–Kier alpha value is -2.67. The molecule has 1 aliphatic rings. The summed E-state index contributed by atoms with van der Waals surface area (Å²) in [7, 11) is 0. The van der Waals surface area contributed by atoms with Gasteiger partial charge in [-0.2, -0.15) is 0 Å². The molecule has 3 heterocycles. The van der Waals surface area contributed by atoms with Gasteiger partial charge in [0.15, 0.2) is 11.0 Å². The number of ether oxygens (including phenoxy) is 1. The van der Waals surface area contributed by atoms with Gasteiger partial charge in [0.2, 0.25) is 0 Å². The summed E-state index contributed by atoms with van der Waals surface area (Å²) in [5.41, 5.74) is 2.09. The first-order chi connectivity index (χ1) is 12.7. The van der Waals surface area contributed by atoms with Crippen molar-refractivity contribution in [3.8, 4) is 11.4 Å². The molecule has 132 valence electrons. The Morgan fingerprint density at radius 1 is 1.15 bits per heavy atom. The van der Waals surface area contributed by atoms with Gasteiger partial charge < -0.3 is 4.74 Å². The van der Waals surface area contributed by atoms with Crippen LogP contribution in [0, 0.1) is 0 Å². The van der Waals surface area contributed by atoms with Crippen molar-refractivity contribution >= 4 is 17.7 Å². The Morgan fingerprint density at radius 2 is 1.92 bits per heavy atom. The molecule has 0 radical (unpaired) electrons. The Bertz CT molecular complexity index is 898. The van der Waals surface area contributed by atoms with Crippen LogP contribution in [0.15, 0.2) is 60.0 Å². The van der Waals surface area contributed by atoms with Crippen LogP contribution < -0.4 is 0 Å². The van der Waals surface area contributed by atoms with Gasteiger partial charge in [0, 0.05) is 24.4 Å². The average Bonchev–Trinajstić information content (AvgIpc) is 3.19. The molecule has 0 saturated carbocycles. The molecular formula is C19H18N4O2S. The summed E-state index contributed by atoms with van der Waals surface area (Å²) in [6.45, 7) is 2.54. The van der Waals surface area contributed by atoms with Crippen molar-refractivity contribution in [1.29, 1.82) is 0 Å². The van der Waals surface area contributed by atoms with Crippen LogP contribution in [-0.4, -0.2) is 37.1 Å². The highest BCUT2D eigenvalue weighted by Crippen LogP contribution is 2.33. The topological polar surface area (TPSA) is 69.9 Å². The molecule has 2 atom stereocenters. The summed E-state index contributed by atoms with van der Waals surface area (Å²) >= 11 is 1.42. The van der Waals surface area contributed by atoms with E-state index in [4.69, 9.17) is 4.74 Å². The first kappa shape index (κ1) is 16.8. The third-order valence-electron chi connectivity index (χ3n) is 4.21. The average molecular weight is 366 g/mol. The van der Waals surface area contributed by atoms with E-state index >= 15 is 0 Å². The number of aromatic nitrogens is 4. The highest BCUT2D eigenvalue weighted by molar-refractivity contribution is 8.00. The van der Waals surface area contributed by atoms with Crippen LogP contribution in [0.5, 0.6) is 0 Å². The number of carbonyl (C=O) groups is 1. The summed E-state index contributed by atoms with van der Waals surface area (Å²) in [4.78, 5) is 16.1. The smallest absolute Gasteiger partial charge is 0.319 e. The number of pyridine rings is 1. The zero-order valence-corrected chi connectivity index (χ0v) is 15.1. The van der Waals surface area contributed by atoms with E-state index in [1.807, 2.05) is 41.8 Å². The standard InChI is InChI=1S/C19H18N4O2S/c1-13-11-16(18(24)25-13)26-19-22-21-17(15-7-9-20-10-8-15)23(19)12-14-5-3-2-4-6-14/h2-10,13,16H,11-12H2,1H3/t13-,16-/m1/s1. The largest absolute Gasteiger partial charge is 0.462 e. The highest BCUT2D eigenvalue weighted by Gasteiger charge is 2.34. The normalized spacial score (nSPS) is 19.5. The van der Waals surface area contributed by atoms with E-state index in [9.17, 15) is 4.79 Å². The van der Waals surface area contributed by atoms with Gasteiger partial charge >= 0.3 is 5.97 Å². The number of hydrogen-bond donors (Lipinski definition) is 0. The van der Waals surface area contributed by atoms with Gasteiger partial charge in [-0.1, -0.05) is 42.1 Å². The molecule has 0 spiro atoms. The van der Waals surface area contributed by atoms with Crippen LogP contribution in [0.1, 0.15) is 18.9 Å². The van der Waals surface area contributed by atoms with Gasteiger partial charge in [0.1, 0.15) is 11.4 Å². The predicted molar refractivity (Wildman–Crippen MR) is 98.6 cm³/mol. The summed E-state index contributed by atoms with van der Waals surface area (Å²) in [6, 6.07) is 14.0. The molecule has 1 saturated heterocycles. The van der Waals surface area contributed by atoms with Crippen molar-refractivity contribution in [2.45, 2.75) is 36.4 Å². The number of nitrogens with zero attached hydrogens (tertiary/aromatic N) is 4. The number of cyclic esters (lactones) is 1. The van der Waals surface area contributed by atoms with Crippen LogP contribution in [-0.2, 0) is 16.1 Å². The van der Waals surface area contributed by atoms with E-state index in [1.54, 1.807) is 12.4 Å². The predicted octanol–water partition coefficient (Wildman–Crippen LogP) is 3.18. The second kappa shape index (κ2) is 7.29. The van der Waals surface area contributed by atoms with E-state index in [0.717, 1.165) is 22.1 Å². The maximum atomic E-state index is 12.0. The monoisotopic (exact) mass is 366 g/mol. The van der Waals surface area contributed by atoms with Crippen molar-refractivity contribution < 1.29 is 9.53 Å². The Kier molecular flexibility index (Phi) is 4.71. The number of benzene rings is 1. The molecule has 0 aliphatic carbocycles. The minimum Gasteiger partial charge on any atom is -0.462 e. The zero-order valence-electron chi connectivity index (χ0n) is 14.3. The molecule has 6 nitrogen and oxygen atoms in total. The number of rotatable bonds is 5. The van der Waals surface area contributed by atoms with E-state index in [1.165, 1.54) is 11.8 Å². The molecule has 0 bridgehead atoms. The number of esters is 1. The first-order valence-corrected chi connectivity index (χ1v) is 9.33. The molecule has 7 heteroatoms. The van der Waals surface area contributed by atoms with Gasteiger partial charge in [-0.05, 0) is 24.6 Å². The second-order valence-corrected chi connectivity index (χ2v) is 7.37. The first-order valence-electron chi connectivity index (χ1n) is 8.45. The molecule has 0 unspecified atom stereocenters. The molecule has 1 aromatic carbocycles. The third kappa shape index (κ3) is 3.48. The summed E-state index contributed by atoms with van der Waals surface area (Å²) in [6.07, 6.45) is 4.11. The van der Waals surface area contributed by atoms with Crippen LogP contribution in [0.25, 0.3) is 11.4 Å². The van der Waals surface area contributed by atoms with Gasteiger partial charge in [0.05, 0.1) is 6.54 Å². The van der Waals surface area contributed by atoms with Crippen LogP contribution in [0.4, 0.5) is 0 Å². The van der Waals surface area contributed by atoms with Crippen LogP contribution >= 0.6 is 11.8 Å². The van der Waals surface area contributed by atoms with Crippen molar-refractivity contribution in [2.24, 2.45) is 0 Å². The number of hydrogen-bond acceptors (Lipinski definition) is 6. The van der Waals surface area contributed by atoms with Crippen molar-refractivity contribution in [3.05, 3.63) is 60.4 Å². The van der Waals surface area contributed by atoms with E-state index in [-0.39, 0.29) is 17.3 Å². The molecule has 0 N–H and O–H groups in total. The Balaban J connectivity index is 1.69. The lowest BCUT2D eigenvalue weighted by Crippen LogP contribution is -2.12. The van der Waals surface area contributed by atoms with Gasteiger partial charge in [-0.25, -0.2) is 0 Å². The Labute approximate surface area is 155 Å². The lowest BCUT2D eigenvalue weighted by atomic mass is 10.2. The second-order valence-electron chi connectivity index (χ2n) is 6.20. The highest BCUT2D eigenvalue weighted by atomic mass is 32.2. The van der Waals surface area contributed by atoms with Gasteiger partial charge in [0.25, 0.3) is 0 Å². The fraction of sp³-hybridized carbons (Fsp3) is 0.263. The lowest BCUT2D eigenvalue weighted by Gasteiger charge is -2.11. The molecule has 1 fully saturated rings. The van der Waals surface area contributed by atoms with Crippen molar-refractivity contribution in [1.82, 2.24) is 19.7 Å². The minimum absolute atomic E-state index is 0.0508. The zero-order chi connectivity index (χ0) is 17.9. The molecular weight excluding hydrogens is 348 g/mol. The maximum Gasteiger partial charge on any atom is 0.319 e. The number of thioether (sulfide) groups is 1. The fourth-order valence-corrected chi connectivity index (χ4v) is 4.08. The summed E-state index contributed by atoms with van der Waals surface area (Å²) < 4.78 is 7.32.